The molecule has 0 amide bonds. The Morgan fingerprint density at radius 3 is 2.68 bits per heavy atom. The van der Waals surface area contributed by atoms with E-state index in [1.54, 1.807) is 13.2 Å². The largest absolute Gasteiger partial charge is 0.497 e. The summed E-state index contributed by atoms with van der Waals surface area (Å²) in [6.07, 6.45) is 1.15. The molecule has 0 saturated carbocycles. The van der Waals surface area contributed by atoms with Gasteiger partial charge in [0.1, 0.15) is 17.1 Å². The number of benzene rings is 1. The summed E-state index contributed by atoms with van der Waals surface area (Å²) in [6, 6.07) is 7.36. The number of carbonyl (C=O) groups excluding carboxylic acids is 1. The van der Waals surface area contributed by atoms with Crippen molar-refractivity contribution in [3.05, 3.63) is 41.2 Å². The van der Waals surface area contributed by atoms with Gasteiger partial charge in [0.2, 0.25) is 5.95 Å². The zero-order valence-electron chi connectivity index (χ0n) is 14.7. The standard InChI is InChI=1S/C19H21N3O3/c1-12-8-13(2)21-18(20-12)22-7-6-19(11-22)10-16(23)15-9-14(24-3)4-5-17(15)25-19/h4-5,8-9H,6-7,10-11H2,1-3H3. The Balaban J connectivity index is 1.61. The van der Waals surface area contributed by atoms with E-state index in [4.69, 9.17) is 9.47 Å². The van der Waals surface area contributed by atoms with Gasteiger partial charge in [-0.05, 0) is 38.1 Å². The fourth-order valence-corrected chi connectivity index (χ4v) is 3.69. The van der Waals surface area contributed by atoms with Gasteiger partial charge in [-0.15, -0.1) is 0 Å². The topological polar surface area (TPSA) is 64.5 Å². The summed E-state index contributed by atoms with van der Waals surface area (Å²) < 4.78 is 11.5. The molecule has 6 nitrogen and oxygen atoms in total. The quantitative estimate of drug-likeness (QED) is 0.838. The molecule has 1 fully saturated rings. The number of methoxy groups -OCH3 is 1. The van der Waals surface area contributed by atoms with E-state index in [2.05, 4.69) is 14.9 Å². The lowest BCUT2D eigenvalue weighted by Crippen LogP contribution is -2.44. The maximum absolute atomic E-state index is 12.7. The first kappa shape index (κ1) is 15.9. The molecule has 0 bridgehead atoms. The van der Waals surface area contributed by atoms with Crippen molar-refractivity contribution in [2.24, 2.45) is 0 Å². The van der Waals surface area contributed by atoms with Crippen LogP contribution in [0.15, 0.2) is 24.3 Å². The molecular formula is C19H21N3O3. The lowest BCUT2D eigenvalue weighted by molar-refractivity contribution is 0.0537. The average Bonchev–Trinajstić information content (AvgIpc) is 2.97. The second-order valence-corrected chi connectivity index (χ2v) is 6.87. The maximum Gasteiger partial charge on any atom is 0.225 e. The summed E-state index contributed by atoms with van der Waals surface area (Å²) in [4.78, 5) is 23.9. The van der Waals surface area contributed by atoms with Crippen molar-refractivity contribution < 1.29 is 14.3 Å². The van der Waals surface area contributed by atoms with Crippen LogP contribution < -0.4 is 14.4 Å². The van der Waals surface area contributed by atoms with E-state index in [0.717, 1.165) is 24.4 Å². The molecule has 25 heavy (non-hydrogen) atoms. The third kappa shape index (κ3) is 2.81. The van der Waals surface area contributed by atoms with Crippen LogP contribution in [-0.4, -0.2) is 41.6 Å². The number of Topliss-reactive ketones (excluding diaryl/α,β-unsaturated/α-hetero) is 1. The fourth-order valence-electron chi connectivity index (χ4n) is 3.69. The molecule has 2 aromatic rings. The molecule has 0 radical (unpaired) electrons. The molecule has 1 unspecified atom stereocenters. The van der Waals surface area contributed by atoms with Crippen LogP contribution in [0.5, 0.6) is 11.5 Å². The van der Waals surface area contributed by atoms with E-state index in [1.807, 2.05) is 32.0 Å². The SMILES string of the molecule is COc1ccc2c(c1)C(=O)CC1(CCN(c3nc(C)cc(C)n3)C1)O2. The highest BCUT2D eigenvalue weighted by molar-refractivity contribution is 6.00. The van der Waals surface area contributed by atoms with Crippen molar-refractivity contribution in [2.45, 2.75) is 32.3 Å². The van der Waals surface area contributed by atoms with Gasteiger partial charge in [-0.3, -0.25) is 4.79 Å². The van der Waals surface area contributed by atoms with Gasteiger partial charge in [0.05, 0.1) is 25.6 Å². The van der Waals surface area contributed by atoms with Crippen molar-refractivity contribution >= 4 is 11.7 Å². The normalized spacial score (nSPS) is 22.0. The third-order valence-electron chi connectivity index (χ3n) is 4.87. The van der Waals surface area contributed by atoms with Gasteiger partial charge in [0, 0.05) is 24.4 Å². The van der Waals surface area contributed by atoms with E-state index in [9.17, 15) is 4.79 Å². The number of aromatic nitrogens is 2. The van der Waals surface area contributed by atoms with Crippen LogP contribution in [0.4, 0.5) is 5.95 Å². The van der Waals surface area contributed by atoms with Gasteiger partial charge in [0.15, 0.2) is 5.78 Å². The number of ether oxygens (including phenoxy) is 2. The van der Waals surface area contributed by atoms with Gasteiger partial charge in [-0.25, -0.2) is 9.97 Å². The number of fused-ring (bicyclic) bond motifs is 1. The number of anilines is 1. The minimum absolute atomic E-state index is 0.100. The van der Waals surface area contributed by atoms with Crippen LogP contribution in [0.1, 0.15) is 34.6 Å². The van der Waals surface area contributed by atoms with E-state index in [0.29, 0.717) is 36.0 Å². The van der Waals surface area contributed by atoms with Crippen molar-refractivity contribution in [3.8, 4) is 11.5 Å². The Hall–Kier alpha value is -2.63. The molecule has 1 spiro atoms. The summed E-state index contributed by atoms with van der Waals surface area (Å²) in [5.74, 6) is 2.12. The predicted octanol–water partition coefficient (Wildman–Crippen LogP) is 2.72. The van der Waals surface area contributed by atoms with E-state index in [-0.39, 0.29) is 5.78 Å². The van der Waals surface area contributed by atoms with Gasteiger partial charge >= 0.3 is 0 Å². The molecule has 2 aliphatic heterocycles. The van der Waals surface area contributed by atoms with Crippen LogP contribution in [-0.2, 0) is 0 Å². The van der Waals surface area contributed by atoms with E-state index < -0.39 is 5.60 Å². The third-order valence-corrected chi connectivity index (χ3v) is 4.87. The molecule has 2 aliphatic rings. The molecule has 1 aromatic carbocycles. The number of hydrogen-bond donors (Lipinski definition) is 0. The lowest BCUT2D eigenvalue weighted by Gasteiger charge is -2.34. The Labute approximate surface area is 146 Å². The van der Waals surface area contributed by atoms with Crippen molar-refractivity contribution in [1.82, 2.24) is 9.97 Å². The summed E-state index contributed by atoms with van der Waals surface area (Å²) in [6.45, 7) is 5.33. The van der Waals surface area contributed by atoms with E-state index >= 15 is 0 Å². The molecule has 3 heterocycles. The number of nitrogens with zero attached hydrogens (tertiary/aromatic N) is 3. The van der Waals surface area contributed by atoms with Crippen molar-refractivity contribution in [2.75, 3.05) is 25.1 Å². The van der Waals surface area contributed by atoms with Gasteiger partial charge < -0.3 is 14.4 Å². The number of hydrogen-bond acceptors (Lipinski definition) is 6. The Morgan fingerprint density at radius 2 is 1.96 bits per heavy atom. The minimum atomic E-state index is -0.500. The molecule has 0 N–H and O–H groups in total. The maximum atomic E-state index is 12.7. The minimum Gasteiger partial charge on any atom is -0.497 e. The highest BCUT2D eigenvalue weighted by Gasteiger charge is 2.46. The zero-order valence-corrected chi connectivity index (χ0v) is 14.7. The Kier molecular flexibility index (Phi) is 3.63. The summed E-state index contributed by atoms with van der Waals surface area (Å²) >= 11 is 0. The highest BCUT2D eigenvalue weighted by Crippen LogP contribution is 2.40. The Bertz CT molecular complexity index is 832. The van der Waals surface area contributed by atoms with Crippen LogP contribution in [0, 0.1) is 13.8 Å². The fraction of sp³-hybridized carbons (Fsp3) is 0.421. The second kappa shape index (κ2) is 5.72. The zero-order chi connectivity index (χ0) is 17.6. The Morgan fingerprint density at radius 1 is 1.20 bits per heavy atom. The monoisotopic (exact) mass is 339 g/mol. The smallest absolute Gasteiger partial charge is 0.225 e. The molecular weight excluding hydrogens is 318 g/mol. The molecule has 6 heteroatoms. The van der Waals surface area contributed by atoms with Gasteiger partial charge in [0.25, 0.3) is 0 Å². The van der Waals surface area contributed by atoms with Crippen LogP contribution in [0.2, 0.25) is 0 Å². The molecule has 1 atom stereocenters. The first-order valence-corrected chi connectivity index (χ1v) is 8.45. The number of ketones is 1. The molecule has 1 saturated heterocycles. The molecule has 130 valence electrons. The number of rotatable bonds is 2. The summed E-state index contributed by atoms with van der Waals surface area (Å²) in [5, 5.41) is 0. The highest BCUT2D eigenvalue weighted by atomic mass is 16.5. The summed E-state index contributed by atoms with van der Waals surface area (Å²) in [5.41, 5.74) is 1.99. The van der Waals surface area contributed by atoms with Crippen LogP contribution in [0.3, 0.4) is 0 Å². The van der Waals surface area contributed by atoms with Crippen molar-refractivity contribution in [1.29, 1.82) is 0 Å². The molecule has 0 aliphatic carbocycles. The predicted molar refractivity (Wildman–Crippen MR) is 93.6 cm³/mol. The van der Waals surface area contributed by atoms with Crippen LogP contribution >= 0.6 is 0 Å². The summed E-state index contributed by atoms with van der Waals surface area (Å²) in [7, 11) is 1.59. The molecule has 4 rings (SSSR count). The first-order chi connectivity index (χ1) is 12.0. The van der Waals surface area contributed by atoms with Gasteiger partial charge in [-0.1, -0.05) is 0 Å². The lowest BCUT2D eigenvalue weighted by atomic mass is 9.89. The first-order valence-electron chi connectivity index (χ1n) is 8.45. The number of aryl methyl sites for hydroxylation is 2. The second-order valence-electron chi connectivity index (χ2n) is 6.87. The number of carbonyl (C=O) groups is 1. The average molecular weight is 339 g/mol. The van der Waals surface area contributed by atoms with E-state index in [1.165, 1.54) is 0 Å². The van der Waals surface area contributed by atoms with Gasteiger partial charge in [-0.2, -0.15) is 0 Å². The van der Waals surface area contributed by atoms with Crippen molar-refractivity contribution in [3.63, 3.8) is 0 Å². The van der Waals surface area contributed by atoms with Crippen LogP contribution in [0.25, 0.3) is 0 Å². The molecule has 1 aromatic heterocycles.